The van der Waals surface area contributed by atoms with Gasteiger partial charge >= 0.3 is 0 Å². The molecular formula is C20H20N6O2S2. The molecule has 0 amide bonds. The van der Waals surface area contributed by atoms with E-state index in [1.807, 2.05) is 34.9 Å². The van der Waals surface area contributed by atoms with Crippen molar-refractivity contribution in [1.29, 1.82) is 0 Å². The summed E-state index contributed by atoms with van der Waals surface area (Å²) < 4.78 is 38.3. The lowest BCUT2D eigenvalue weighted by atomic mass is 9.94. The number of nitrogens with zero attached hydrogens (tertiary/aromatic N) is 6. The Hall–Kier alpha value is -2.69. The lowest BCUT2D eigenvalue weighted by Gasteiger charge is -2.31. The average molecular weight is 441 g/mol. The highest BCUT2D eigenvalue weighted by Gasteiger charge is 2.31. The zero-order valence-electron chi connectivity index (χ0n) is 16.1. The highest BCUT2D eigenvalue weighted by atomic mass is 32.2. The molecule has 0 unspecified atom stereocenters. The number of fused-ring (bicyclic) bond motifs is 1. The molecule has 1 aliphatic rings. The third-order valence-corrected chi connectivity index (χ3v) is 8.04. The molecule has 5 rings (SSSR count). The molecule has 0 aliphatic carbocycles. The summed E-state index contributed by atoms with van der Waals surface area (Å²) in [6, 6.07) is 15.1. The Bertz CT molecular complexity index is 1260. The summed E-state index contributed by atoms with van der Waals surface area (Å²) in [4.78, 5) is 0.246. The van der Waals surface area contributed by atoms with Gasteiger partial charge in [-0.1, -0.05) is 24.3 Å². The molecule has 1 aliphatic heterocycles. The molecule has 1 saturated heterocycles. The van der Waals surface area contributed by atoms with Crippen LogP contribution in [0.3, 0.4) is 0 Å². The van der Waals surface area contributed by atoms with E-state index in [-0.39, 0.29) is 4.90 Å². The number of piperidine rings is 1. The van der Waals surface area contributed by atoms with Crippen LogP contribution in [0.25, 0.3) is 16.7 Å². The third-order valence-electron chi connectivity index (χ3n) is 5.56. The standard InChI is InChI=1S/C20H20N6O2S2/c27-30(28,18-8-4-7-17-20(18)24-29-23-17)25-11-9-15(10-12-25)13-19-22-21-14-26(19)16-5-2-1-3-6-16/h1-8,14-15H,9-13H2. The SMILES string of the molecule is O=S(=O)(c1cccc2nsnc12)N1CCC(Cc2nncn2-c2ccccc2)CC1. The highest BCUT2D eigenvalue weighted by Crippen LogP contribution is 2.29. The van der Waals surface area contributed by atoms with E-state index in [9.17, 15) is 8.42 Å². The fourth-order valence-electron chi connectivity index (χ4n) is 3.94. The van der Waals surface area contributed by atoms with E-state index in [4.69, 9.17) is 0 Å². The lowest BCUT2D eigenvalue weighted by Crippen LogP contribution is -2.39. The maximum absolute atomic E-state index is 13.2. The van der Waals surface area contributed by atoms with Crippen LogP contribution in [-0.4, -0.2) is 49.3 Å². The summed E-state index contributed by atoms with van der Waals surface area (Å²) in [5.41, 5.74) is 2.11. The first kappa shape index (κ1) is 19.3. The smallest absolute Gasteiger partial charge is 0.245 e. The topological polar surface area (TPSA) is 93.9 Å². The van der Waals surface area contributed by atoms with Crippen LogP contribution in [-0.2, 0) is 16.4 Å². The first-order chi connectivity index (χ1) is 14.6. The van der Waals surface area contributed by atoms with E-state index < -0.39 is 10.0 Å². The monoisotopic (exact) mass is 440 g/mol. The van der Waals surface area contributed by atoms with Gasteiger partial charge in [0.1, 0.15) is 28.1 Å². The summed E-state index contributed by atoms with van der Waals surface area (Å²) in [6.45, 7) is 0.973. The molecular weight excluding hydrogens is 420 g/mol. The van der Waals surface area contributed by atoms with Crippen molar-refractivity contribution in [3.8, 4) is 5.69 Å². The van der Waals surface area contributed by atoms with Crippen molar-refractivity contribution in [3.63, 3.8) is 0 Å². The van der Waals surface area contributed by atoms with Gasteiger partial charge in [0, 0.05) is 25.2 Å². The summed E-state index contributed by atoms with van der Waals surface area (Å²) in [6.07, 6.45) is 4.07. The molecule has 2 aromatic carbocycles. The number of sulfonamides is 1. The van der Waals surface area contributed by atoms with Gasteiger partial charge in [-0.3, -0.25) is 4.57 Å². The molecule has 154 valence electrons. The molecule has 0 spiro atoms. The molecule has 3 heterocycles. The van der Waals surface area contributed by atoms with Crippen molar-refractivity contribution in [2.45, 2.75) is 24.2 Å². The van der Waals surface area contributed by atoms with E-state index in [1.54, 1.807) is 28.8 Å². The molecule has 0 radical (unpaired) electrons. The van der Waals surface area contributed by atoms with Crippen molar-refractivity contribution in [2.24, 2.45) is 5.92 Å². The second-order valence-corrected chi connectivity index (χ2v) is 9.83. The van der Waals surface area contributed by atoms with E-state index >= 15 is 0 Å². The fraction of sp³-hybridized carbons (Fsp3) is 0.300. The van der Waals surface area contributed by atoms with E-state index in [1.165, 1.54) is 0 Å². The quantitative estimate of drug-likeness (QED) is 0.474. The van der Waals surface area contributed by atoms with Crippen molar-refractivity contribution in [3.05, 3.63) is 60.7 Å². The largest absolute Gasteiger partial charge is 0.286 e. The minimum atomic E-state index is -3.59. The molecule has 0 bridgehead atoms. The third kappa shape index (κ3) is 3.51. The van der Waals surface area contributed by atoms with Crippen LogP contribution in [0.1, 0.15) is 18.7 Å². The van der Waals surface area contributed by atoms with Crippen LogP contribution in [0.5, 0.6) is 0 Å². The minimum Gasteiger partial charge on any atom is -0.286 e. The zero-order valence-corrected chi connectivity index (χ0v) is 17.8. The van der Waals surface area contributed by atoms with Gasteiger partial charge in [0.05, 0.1) is 11.7 Å². The molecule has 8 nitrogen and oxygen atoms in total. The van der Waals surface area contributed by atoms with Gasteiger partial charge in [-0.15, -0.1) is 10.2 Å². The molecule has 0 saturated carbocycles. The summed E-state index contributed by atoms with van der Waals surface area (Å²) in [5, 5.41) is 8.37. The molecule has 0 N–H and O–H groups in total. The number of hydrogen-bond acceptors (Lipinski definition) is 7. The second-order valence-electron chi connectivity index (χ2n) is 7.39. The van der Waals surface area contributed by atoms with Gasteiger partial charge in [-0.05, 0) is 43.0 Å². The Labute approximate surface area is 178 Å². The Balaban J connectivity index is 1.30. The maximum atomic E-state index is 13.2. The molecule has 30 heavy (non-hydrogen) atoms. The zero-order chi connectivity index (χ0) is 20.6. The van der Waals surface area contributed by atoms with Crippen LogP contribution in [0.4, 0.5) is 0 Å². The van der Waals surface area contributed by atoms with Crippen molar-refractivity contribution >= 4 is 32.8 Å². The number of benzene rings is 2. The number of rotatable bonds is 5. The molecule has 1 fully saturated rings. The molecule has 10 heteroatoms. The predicted molar refractivity (Wildman–Crippen MR) is 114 cm³/mol. The van der Waals surface area contributed by atoms with Crippen LogP contribution in [0.2, 0.25) is 0 Å². The van der Waals surface area contributed by atoms with Gasteiger partial charge < -0.3 is 0 Å². The Morgan fingerprint density at radius 2 is 1.80 bits per heavy atom. The number of hydrogen-bond donors (Lipinski definition) is 0. The van der Waals surface area contributed by atoms with Crippen LogP contribution >= 0.6 is 11.7 Å². The summed E-state index contributed by atoms with van der Waals surface area (Å²) >= 11 is 1.03. The maximum Gasteiger partial charge on any atom is 0.245 e. The molecule has 0 atom stereocenters. The van der Waals surface area contributed by atoms with Gasteiger partial charge in [0.15, 0.2) is 0 Å². The van der Waals surface area contributed by atoms with E-state index in [0.29, 0.717) is 30.0 Å². The van der Waals surface area contributed by atoms with Crippen LogP contribution in [0.15, 0.2) is 59.8 Å². The van der Waals surface area contributed by atoms with E-state index in [0.717, 1.165) is 42.5 Å². The van der Waals surface area contributed by atoms with Gasteiger partial charge in [0.25, 0.3) is 0 Å². The first-order valence-electron chi connectivity index (χ1n) is 9.79. The first-order valence-corrected chi connectivity index (χ1v) is 12.0. The van der Waals surface area contributed by atoms with Crippen molar-refractivity contribution in [1.82, 2.24) is 27.8 Å². The lowest BCUT2D eigenvalue weighted by molar-refractivity contribution is 0.270. The molecule has 4 aromatic rings. The second kappa shape index (κ2) is 7.86. The summed E-state index contributed by atoms with van der Waals surface area (Å²) in [5.74, 6) is 1.26. The molecule has 2 aromatic heterocycles. The number of para-hydroxylation sites is 1. The average Bonchev–Trinajstić information content (AvgIpc) is 3.44. The number of aromatic nitrogens is 5. The Morgan fingerprint density at radius 3 is 2.60 bits per heavy atom. The van der Waals surface area contributed by atoms with Gasteiger partial charge in [0.2, 0.25) is 10.0 Å². The van der Waals surface area contributed by atoms with Crippen molar-refractivity contribution in [2.75, 3.05) is 13.1 Å². The van der Waals surface area contributed by atoms with Gasteiger partial charge in [-0.2, -0.15) is 13.1 Å². The fourth-order valence-corrected chi connectivity index (χ4v) is 6.17. The Kier molecular flexibility index (Phi) is 5.05. The predicted octanol–water partition coefficient (Wildman–Crippen LogP) is 2.92. The minimum absolute atomic E-state index is 0.246. The summed E-state index contributed by atoms with van der Waals surface area (Å²) in [7, 11) is -3.59. The van der Waals surface area contributed by atoms with Crippen molar-refractivity contribution < 1.29 is 8.42 Å². The Morgan fingerprint density at radius 1 is 1.00 bits per heavy atom. The van der Waals surface area contributed by atoms with Crippen LogP contribution < -0.4 is 0 Å². The highest BCUT2D eigenvalue weighted by molar-refractivity contribution is 7.89. The normalized spacial score (nSPS) is 16.3. The van der Waals surface area contributed by atoms with Crippen LogP contribution in [0, 0.1) is 5.92 Å². The van der Waals surface area contributed by atoms with E-state index in [2.05, 4.69) is 18.9 Å². The van der Waals surface area contributed by atoms with Gasteiger partial charge in [-0.25, -0.2) is 8.42 Å².